The van der Waals surface area contributed by atoms with Crippen molar-refractivity contribution in [1.29, 1.82) is 0 Å². The lowest BCUT2D eigenvalue weighted by Crippen LogP contribution is -2.22. The van der Waals surface area contributed by atoms with Crippen molar-refractivity contribution in [2.24, 2.45) is 5.92 Å². The van der Waals surface area contributed by atoms with Crippen molar-refractivity contribution in [3.63, 3.8) is 0 Å². The molecule has 1 aliphatic rings. The lowest BCUT2D eigenvalue weighted by Gasteiger charge is -2.11. The van der Waals surface area contributed by atoms with Crippen LogP contribution < -0.4 is 10.1 Å². The van der Waals surface area contributed by atoms with Crippen LogP contribution in [0.25, 0.3) is 0 Å². The van der Waals surface area contributed by atoms with Crippen LogP contribution in [0, 0.1) is 11.7 Å². The molecule has 1 atom stereocenters. The molecule has 0 radical (unpaired) electrons. The third-order valence-corrected chi connectivity index (χ3v) is 3.04. The fourth-order valence-electron chi connectivity index (χ4n) is 1.92. The molecule has 20 heavy (non-hydrogen) atoms. The van der Waals surface area contributed by atoms with Crippen LogP contribution in [-0.4, -0.2) is 39.4 Å². The van der Waals surface area contributed by atoms with Crippen LogP contribution in [0.1, 0.15) is 6.42 Å². The Morgan fingerprint density at radius 2 is 2.35 bits per heavy atom. The molecule has 0 spiro atoms. The first-order valence-electron chi connectivity index (χ1n) is 6.50. The number of hydrogen-bond donors (Lipinski definition) is 1. The zero-order chi connectivity index (χ0) is 14.4. The molecule has 5 nitrogen and oxygen atoms in total. The molecule has 1 N–H and O–H groups in total. The second kappa shape index (κ2) is 7.21. The molecule has 0 saturated carbocycles. The summed E-state index contributed by atoms with van der Waals surface area (Å²) >= 11 is 0. The summed E-state index contributed by atoms with van der Waals surface area (Å²) in [6.07, 6.45) is 0.701. The number of halogens is 1. The fraction of sp³-hybridized carbons (Fsp3) is 0.500. The van der Waals surface area contributed by atoms with Crippen molar-refractivity contribution in [3.05, 3.63) is 24.0 Å². The third-order valence-electron chi connectivity index (χ3n) is 3.04. The number of ether oxygens (including phenoxy) is 3. The van der Waals surface area contributed by atoms with Crippen LogP contribution in [0.15, 0.2) is 18.2 Å². The normalized spacial score (nSPS) is 18.0. The smallest absolute Gasteiger partial charge is 0.229 e. The molecule has 1 saturated heterocycles. The quantitative estimate of drug-likeness (QED) is 0.809. The first kappa shape index (κ1) is 14.7. The van der Waals surface area contributed by atoms with Gasteiger partial charge in [0.25, 0.3) is 0 Å². The second-order valence-electron chi connectivity index (χ2n) is 4.54. The summed E-state index contributed by atoms with van der Waals surface area (Å²) in [6.45, 7) is 1.68. The van der Waals surface area contributed by atoms with Crippen LogP contribution >= 0.6 is 0 Å². The Balaban J connectivity index is 1.92. The van der Waals surface area contributed by atoms with E-state index in [1.54, 1.807) is 13.2 Å². The van der Waals surface area contributed by atoms with E-state index in [4.69, 9.17) is 14.2 Å². The SMILES string of the molecule is COCCOc1ccc(NC(=O)C2CCOC2)cc1F. The van der Waals surface area contributed by atoms with E-state index in [2.05, 4.69) is 5.32 Å². The van der Waals surface area contributed by atoms with Crippen LogP contribution in [0.2, 0.25) is 0 Å². The average molecular weight is 283 g/mol. The van der Waals surface area contributed by atoms with Gasteiger partial charge in [-0.2, -0.15) is 0 Å². The monoisotopic (exact) mass is 283 g/mol. The predicted molar refractivity (Wildman–Crippen MR) is 71.3 cm³/mol. The van der Waals surface area contributed by atoms with E-state index in [-0.39, 0.29) is 24.2 Å². The number of methoxy groups -OCH3 is 1. The molecule has 1 aromatic carbocycles. The lowest BCUT2D eigenvalue weighted by molar-refractivity contribution is -0.119. The molecule has 110 valence electrons. The average Bonchev–Trinajstić information content (AvgIpc) is 2.95. The summed E-state index contributed by atoms with van der Waals surface area (Å²) in [4.78, 5) is 11.9. The Kier molecular flexibility index (Phi) is 5.31. The van der Waals surface area contributed by atoms with E-state index >= 15 is 0 Å². The maximum absolute atomic E-state index is 13.8. The molecule has 1 fully saturated rings. The van der Waals surface area contributed by atoms with Gasteiger partial charge in [-0.25, -0.2) is 4.39 Å². The number of carbonyl (C=O) groups excluding carboxylic acids is 1. The Morgan fingerprint density at radius 1 is 1.50 bits per heavy atom. The number of rotatable bonds is 6. The molecule has 1 unspecified atom stereocenters. The highest BCUT2D eigenvalue weighted by molar-refractivity contribution is 5.92. The van der Waals surface area contributed by atoms with Crippen LogP contribution in [0.5, 0.6) is 5.75 Å². The number of nitrogens with one attached hydrogen (secondary N) is 1. The topological polar surface area (TPSA) is 56.8 Å². The minimum atomic E-state index is -0.512. The molecule has 6 heteroatoms. The minimum absolute atomic E-state index is 0.143. The van der Waals surface area contributed by atoms with Gasteiger partial charge in [-0.15, -0.1) is 0 Å². The summed E-state index contributed by atoms with van der Waals surface area (Å²) in [7, 11) is 1.55. The Bertz CT molecular complexity index is 460. The lowest BCUT2D eigenvalue weighted by atomic mass is 10.1. The predicted octanol–water partition coefficient (Wildman–Crippen LogP) is 1.83. The first-order chi connectivity index (χ1) is 9.70. The standard InChI is InChI=1S/C14H18FNO4/c1-18-6-7-20-13-3-2-11(8-12(13)15)16-14(17)10-4-5-19-9-10/h2-3,8,10H,4-7,9H2,1H3,(H,16,17). The van der Waals surface area contributed by atoms with Crippen molar-refractivity contribution in [1.82, 2.24) is 0 Å². The molecule has 0 aliphatic carbocycles. The molecule has 1 heterocycles. The van der Waals surface area contributed by atoms with Gasteiger partial charge < -0.3 is 19.5 Å². The van der Waals surface area contributed by atoms with Crippen molar-refractivity contribution in [3.8, 4) is 5.75 Å². The van der Waals surface area contributed by atoms with Gasteiger partial charge in [-0.05, 0) is 18.6 Å². The molecular formula is C14H18FNO4. The van der Waals surface area contributed by atoms with E-state index in [0.717, 1.165) is 0 Å². The van der Waals surface area contributed by atoms with Crippen LogP contribution in [0.4, 0.5) is 10.1 Å². The van der Waals surface area contributed by atoms with Crippen LogP contribution in [-0.2, 0) is 14.3 Å². The molecule has 0 bridgehead atoms. The number of amides is 1. The first-order valence-corrected chi connectivity index (χ1v) is 6.50. The zero-order valence-corrected chi connectivity index (χ0v) is 11.4. The van der Waals surface area contributed by atoms with Crippen molar-refractivity contribution in [2.75, 3.05) is 38.9 Å². The fourth-order valence-corrected chi connectivity index (χ4v) is 1.92. The van der Waals surface area contributed by atoms with Gasteiger partial charge in [0.15, 0.2) is 11.6 Å². The molecule has 0 aromatic heterocycles. The second-order valence-corrected chi connectivity index (χ2v) is 4.54. The van der Waals surface area contributed by atoms with Crippen molar-refractivity contribution >= 4 is 11.6 Å². The third kappa shape index (κ3) is 3.91. The van der Waals surface area contributed by atoms with E-state index < -0.39 is 5.82 Å². The maximum atomic E-state index is 13.8. The largest absolute Gasteiger partial charge is 0.488 e. The number of hydrogen-bond acceptors (Lipinski definition) is 4. The summed E-state index contributed by atoms with van der Waals surface area (Å²) in [6, 6.07) is 4.35. The van der Waals surface area contributed by atoms with Gasteiger partial charge in [-0.3, -0.25) is 4.79 Å². The Hall–Kier alpha value is -1.66. The van der Waals surface area contributed by atoms with Gasteiger partial charge in [0.05, 0.1) is 19.1 Å². The van der Waals surface area contributed by atoms with E-state index in [1.165, 1.54) is 12.1 Å². The molecule has 1 aromatic rings. The van der Waals surface area contributed by atoms with E-state index in [0.29, 0.717) is 31.9 Å². The summed E-state index contributed by atoms with van der Waals surface area (Å²) in [5, 5.41) is 2.68. The zero-order valence-electron chi connectivity index (χ0n) is 11.4. The highest BCUT2D eigenvalue weighted by Crippen LogP contribution is 2.22. The summed E-state index contributed by atoms with van der Waals surface area (Å²) in [5.41, 5.74) is 0.415. The van der Waals surface area contributed by atoms with Gasteiger partial charge in [0, 0.05) is 25.5 Å². The maximum Gasteiger partial charge on any atom is 0.229 e. The summed E-state index contributed by atoms with van der Waals surface area (Å²) in [5.74, 6) is -0.670. The highest BCUT2D eigenvalue weighted by Gasteiger charge is 2.23. The Morgan fingerprint density at radius 3 is 3.00 bits per heavy atom. The molecule has 2 rings (SSSR count). The molecule has 1 aliphatic heterocycles. The minimum Gasteiger partial charge on any atom is -0.488 e. The summed E-state index contributed by atoms with van der Waals surface area (Å²) < 4.78 is 28.9. The van der Waals surface area contributed by atoms with E-state index in [1.807, 2.05) is 0 Å². The van der Waals surface area contributed by atoms with Gasteiger partial charge in [0.1, 0.15) is 6.61 Å². The van der Waals surface area contributed by atoms with Gasteiger partial charge >= 0.3 is 0 Å². The van der Waals surface area contributed by atoms with Gasteiger partial charge in [0.2, 0.25) is 5.91 Å². The molecular weight excluding hydrogens is 265 g/mol. The number of benzene rings is 1. The number of carbonyl (C=O) groups is 1. The highest BCUT2D eigenvalue weighted by atomic mass is 19.1. The van der Waals surface area contributed by atoms with Crippen LogP contribution in [0.3, 0.4) is 0 Å². The van der Waals surface area contributed by atoms with Gasteiger partial charge in [-0.1, -0.05) is 0 Å². The Labute approximate surface area is 117 Å². The van der Waals surface area contributed by atoms with Crippen molar-refractivity contribution in [2.45, 2.75) is 6.42 Å². The van der Waals surface area contributed by atoms with Crippen molar-refractivity contribution < 1.29 is 23.4 Å². The van der Waals surface area contributed by atoms with E-state index in [9.17, 15) is 9.18 Å². The number of anilines is 1. The molecule has 1 amide bonds.